The Morgan fingerprint density at radius 1 is 1.27 bits per heavy atom. The van der Waals surface area contributed by atoms with Crippen LogP contribution in [0.15, 0.2) is 24.3 Å². The third kappa shape index (κ3) is 5.76. The molecule has 1 amide bonds. The molecule has 0 aliphatic carbocycles. The lowest BCUT2D eigenvalue weighted by atomic mass is 10.2. The van der Waals surface area contributed by atoms with Crippen LogP contribution in [-0.2, 0) is 24.2 Å². The summed E-state index contributed by atoms with van der Waals surface area (Å²) in [6.07, 6.45) is 3.05. The highest BCUT2D eigenvalue weighted by Gasteiger charge is 2.28. The minimum atomic E-state index is -3.08. The van der Waals surface area contributed by atoms with E-state index in [1.165, 1.54) is 26.4 Å². The molecule has 0 spiro atoms. The van der Waals surface area contributed by atoms with Crippen LogP contribution >= 0.6 is 0 Å². The highest BCUT2D eigenvalue weighted by molar-refractivity contribution is 7.91. The molecule has 1 heterocycles. The van der Waals surface area contributed by atoms with Gasteiger partial charge in [-0.25, -0.2) is 13.2 Å². The van der Waals surface area contributed by atoms with Crippen LogP contribution in [0.3, 0.4) is 0 Å². The van der Waals surface area contributed by atoms with Crippen molar-refractivity contribution in [3.8, 4) is 11.5 Å². The zero-order valence-corrected chi connectivity index (χ0v) is 15.4. The zero-order valence-electron chi connectivity index (χ0n) is 14.6. The summed E-state index contributed by atoms with van der Waals surface area (Å²) in [7, 11) is -0.0444. The second-order valence-corrected chi connectivity index (χ2v) is 7.95. The van der Waals surface area contributed by atoms with E-state index in [4.69, 9.17) is 14.2 Å². The number of amides is 1. The number of esters is 1. The lowest BCUT2D eigenvalue weighted by Gasteiger charge is -2.10. The molecular formula is C17H21NO7S. The lowest BCUT2D eigenvalue weighted by molar-refractivity contribution is -0.143. The Kier molecular flexibility index (Phi) is 6.62. The number of sulfone groups is 1. The van der Waals surface area contributed by atoms with E-state index in [0.717, 1.165) is 0 Å². The highest BCUT2D eigenvalue weighted by Crippen LogP contribution is 2.25. The summed E-state index contributed by atoms with van der Waals surface area (Å²) in [5.41, 5.74) is 0.644. The minimum Gasteiger partial charge on any atom is -0.497 e. The van der Waals surface area contributed by atoms with E-state index < -0.39 is 34.4 Å². The van der Waals surface area contributed by atoms with Crippen molar-refractivity contribution in [1.82, 2.24) is 5.32 Å². The van der Waals surface area contributed by atoms with Crippen LogP contribution in [0, 0.1) is 0 Å². The molecule has 0 saturated carbocycles. The third-order valence-electron chi connectivity index (χ3n) is 3.78. The van der Waals surface area contributed by atoms with Crippen molar-refractivity contribution in [2.45, 2.75) is 12.5 Å². The van der Waals surface area contributed by atoms with Gasteiger partial charge in [0.15, 0.2) is 16.4 Å². The molecule has 0 aromatic heterocycles. The molecule has 0 bridgehead atoms. The Morgan fingerprint density at radius 3 is 2.65 bits per heavy atom. The maximum absolute atomic E-state index is 11.7. The molecule has 9 heteroatoms. The number of ether oxygens (including phenoxy) is 3. The van der Waals surface area contributed by atoms with Crippen molar-refractivity contribution < 1.29 is 32.2 Å². The van der Waals surface area contributed by atoms with Gasteiger partial charge in [0.25, 0.3) is 5.91 Å². The number of methoxy groups -OCH3 is 2. The van der Waals surface area contributed by atoms with Gasteiger partial charge >= 0.3 is 5.97 Å². The molecule has 1 aromatic carbocycles. The predicted octanol–water partition coefficient (Wildman–Crippen LogP) is 0.564. The standard InChI is InChI=1S/C17H21NO7S/c1-23-14-5-3-12(15(9-14)24-2)4-6-17(20)25-10-16(19)18-13-7-8-26(21,22)11-13/h3-6,9,13H,7-8,10-11H2,1-2H3,(H,18,19)/b6-4+/t13-/m1/s1. The van der Waals surface area contributed by atoms with E-state index in [2.05, 4.69) is 5.32 Å². The molecule has 142 valence electrons. The molecule has 1 aliphatic rings. The van der Waals surface area contributed by atoms with E-state index in [1.807, 2.05) is 0 Å². The van der Waals surface area contributed by atoms with Crippen LogP contribution in [0.2, 0.25) is 0 Å². The maximum atomic E-state index is 11.7. The van der Waals surface area contributed by atoms with Crippen molar-refractivity contribution in [1.29, 1.82) is 0 Å². The normalized spacial score (nSPS) is 18.5. The van der Waals surface area contributed by atoms with Crippen molar-refractivity contribution in [2.75, 3.05) is 32.3 Å². The van der Waals surface area contributed by atoms with Gasteiger partial charge in [-0.3, -0.25) is 4.79 Å². The summed E-state index contributed by atoms with van der Waals surface area (Å²) < 4.78 is 37.8. The fourth-order valence-corrected chi connectivity index (χ4v) is 4.15. The quantitative estimate of drug-likeness (QED) is 0.541. The highest BCUT2D eigenvalue weighted by atomic mass is 32.2. The van der Waals surface area contributed by atoms with Gasteiger partial charge in [0.2, 0.25) is 0 Å². The van der Waals surface area contributed by atoms with Gasteiger partial charge in [-0.2, -0.15) is 0 Å². The molecule has 1 saturated heterocycles. The van der Waals surface area contributed by atoms with Gasteiger partial charge < -0.3 is 19.5 Å². The van der Waals surface area contributed by atoms with Crippen LogP contribution in [0.25, 0.3) is 6.08 Å². The molecule has 1 N–H and O–H groups in total. The van der Waals surface area contributed by atoms with E-state index in [1.54, 1.807) is 18.2 Å². The molecule has 0 unspecified atom stereocenters. The van der Waals surface area contributed by atoms with Crippen LogP contribution in [0.1, 0.15) is 12.0 Å². The summed E-state index contributed by atoms with van der Waals surface area (Å²) in [4.78, 5) is 23.5. The average Bonchev–Trinajstić information content (AvgIpc) is 2.96. The maximum Gasteiger partial charge on any atom is 0.331 e. The summed E-state index contributed by atoms with van der Waals surface area (Å²) in [5.74, 6) is -0.109. The molecule has 1 aliphatic heterocycles. The van der Waals surface area contributed by atoms with Crippen molar-refractivity contribution in [2.24, 2.45) is 0 Å². The first kappa shape index (κ1) is 19.8. The largest absolute Gasteiger partial charge is 0.497 e. The Labute approximate surface area is 152 Å². The van der Waals surface area contributed by atoms with Gasteiger partial charge in [-0.15, -0.1) is 0 Å². The molecule has 1 aromatic rings. The van der Waals surface area contributed by atoms with E-state index in [0.29, 0.717) is 23.5 Å². The second kappa shape index (κ2) is 8.70. The molecule has 2 rings (SSSR count). The average molecular weight is 383 g/mol. The van der Waals surface area contributed by atoms with Gasteiger partial charge in [-0.05, 0) is 24.6 Å². The number of carbonyl (C=O) groups is 2. The molecule has 1 atom stereocenters. The van der Waals surface area contributed by atoms with Crippen molar-refractivity contribution >= 4 is 27.8 Å². The number of hydrogen-bond donors (Lipinski definition) is 1. The van der Waals surface area contributed by atoms with Crippen LogP contribution in [0.4, 0.5) is 0 Å². The smallest absolute Gasteiger partial charge is 0.331 e. The Hall–Kier alpha value is -2.55. The van der Waals surface area contributed by atoms with Gasteiger partial charge in [0.1, 0.15) is 11.5 Å². The summed E-state index contributed by atoms with van der Waals surface area (Å²) >= 11 is 0. The Morgan fingerprint density at radius 2 is 2.04 bits per heavy atom. The van der Waals surface area contributed by atoms with Crippen LogP contribution < -0.4 is 14.8 Å². The van der Waals surface area contributed by atoms with Gasteiger partial charge in [-0.1, -0.05) is 0 Å². The SMILES string of the molecule is COc1ccc(/C=C/C(=O)OCC(=O)N[C@@H]2CCS(=O)(=O)C2)c(OC)c1. The number of hydrogen-bond acceptors (Lipinski definition) is 7. The minimum absolute atomic E-state index is 0.0597. The van der Waals surface area contributed by atoms with Crippen LogP contribution in [0.5, 0.6) is 11.5 Å². The van der Waals surface area contributed by atoms with Crippen molar-refractivity contribution in [3.05, 3.63) is 29.8 Å². The Bertz CT molecular complexity index is 801. The van der Waals surface area contributed by atoms with E-state index in [-0.39, 0.29) is 11.5 Å². The fraction of sp³-hybridized carbons (Fsp3) is 0.412. The Balaban J connectivity index is 1.83. The number of benzene rings is 1. The third-order valence-corrected chi connectivity index (χ3v) is 5.55. The topological polar surface area (TPSA) is 108 Å². The monoisotopic (exact) mass is 383 g/mol. The molecular weight excluding hydrogens is 362 g/mol. The molecule has 26 heavy (non-hydrogen) atoms. The second-order valence-electron chi connectivity index (χ2n) is 5.72. The number of nitrogens with one attached hydrogen (secondary N) is 1. The first-order valence-electron chi connectivity index (χ1n) is 7.89. The van der Waals surface area contributed by atoms with Crippen molar-refractivity contribution in [3.63, 3.8) is 0 Å². The number of carbonyl (C=O) groups excluding carboxylic acids is 2. The first-order chi connectivity index (χ1) is 12.3. The summed E-state index contributed by atoms with van der Waals surface area (Å²) in [6, 6.07) is 4.68. The molecule has 0 radical (unpaired) electrons. The van der Waals surface area contributed by atoms with Crippen LogP contribution in [-0.4, -0.2) is 58.7 Å². The number of rotatable bonds is 7. The van der Waals surface area contributed by atoms with E-state index in [9.17, 15) is 18.0 Å². The summed E-state index contributed by atoms with van der Waals surface area (Å²) in [6.45, 7) is -0.473. The first-order valence-corrected chi connectivity index (χ1v) is 9.72. The summed E-state index contributed by atoms with van der Waals surface area (Å²) in [5, 5.41) is 2.54. The van der Waals surface area contributed by atoms with Gasteiger partial charge in [0, 0.05) is 23.7 Å². The predicted molar refractivity (Wildman–Crippen MR) is 94.7 cm³/mol. The van der Waals surface area contributed by atoms with E-state index >= 15 is 0 Å². The lowest BCUT2D eigenvalue weighted by Crippen LogP contribution is -2.38. The fourth-order valence-electron chi connectivity index (χ4n) is 2.48. The molecule has 8 nitrogen and oxygen atoms in total. The molecule has 1 fully saturated rings. The van der Waals surface area contributed by atoms with Gasteiger partial charge in [0.05, 0.1) is 25.7 Å². The zero-order chi connectivity index (χ0) is 19.2.